The van der Waals surface area contributed by atoms with Crippen molar-refractivity contribution in [3.63, 3.8) is 0 Å². The highest BCUT2D eigenvalue weighted by atomic mass is 16.7. The first-order chi connectivity index (χ1) is 13.4. The summed E-state index contributed by atoms with van der Waals surface area (Å²) in [4.78, 5) is 25.0. The van der Waals surface area contributed by atoms with Crippen molar-refractivity contribution in [1.82, 2.24) is 0 Å². The van der Waals surface area contributed by atoms with E-state index in [2.05, 4.69) is 0 Å². The highest BCUT2D eigenvalue weighted by Crippen LogP contribution is 2.74. The van der Waals surface area contributed by atoms with Crippen molar-refractivity contribution in [1.29, 1.82) is 0 Å². The molecule has 2 saturated carbocycles. The van der Waals surface area contributed by atoms with Crippen LogP contribution in [0.4, 0.5) is 0 Å². The van der Waals surface area contributed by atoms with Gasteiger partial charge in [-0.1, -0.05) is 19.4 Å². The van der Waals surface area contributed by atoms with Gasteiger partial charge in [0.05, 0.1) is 12.0 Å². The number of aliphatic hydroxyl groups excluding tert-OH is 3. The second-order valence-corrected chi connectivity index (χ2v) is 9.75. The summed E-state index contributed by atoms with van der Waals surface area (Å²) in [7, 11) is 0. The molecule has 5 aliphatic rings. The van der Waals surface area contributed by atoms with Crippen molar-refractivity contribution in [3.05, 3.63) is 11.6 Å². The first-order valence-electron chi connectivity index (χ1n) is 9.93. The molecule has 0 aromatic rings. The summed E-state index contributed by atoms with van der Waals surface area (Å²) in [6.45, 7) is 4.49. The molecule has 0 aromatic carbocycles. The molecule has 11 atom stereocenters. The minimum Gasteiger partial charge on any atom is -0.460 e. The highest BCUT2D eigenvalue weighted by molar-refractivity contribution is 5.96. The lowest BCUT2D eigenvalue weighted by Crippen LogP contribution is -2.84. The SMILES string of the molecule is CC1=CC(=O)[C@@H](O)[C@]2(C)[C@H]3[C@]4(O)OC[C@@]35[C@@H](C[C@@H]12)OC(=O)[C@H](O)[C@@]5(O)[C@H](C)[C@H]4O. The number of ether oxygens (including phenoxy) is 2. The third-order valence-electron chi connectivity index (χ3n) is 8.88. The van der Waals surface area contributed by atoms with Gasteiger partial charge >= 0.3 is 5.97 Å². The molecule has 1 spiro atoms. The van der Waals surface area contributed by atoms with Gasteiger partial charge in [-0.3, -0.25) is 4.79 Å². The second kappa shape index (κ2) is 5.27. The third kappa shape index (κ3) is 1.73. The molecule has 5 rings (SSSR count). The summed E-state index contributed by atoms with van der Waals surface area (Å²) in [5, 5.41) is 56.0. The van der Waals surface area contributed by atoms with E-state index in [0.717, 1.165) is 0 Å². The Bertz CT molecular complexity index is 855. The van der Waals surface area contributed by atoms with Crippen LogP contribution in [-0.2, 0) is 19.1 Å². The highest BCUT2D eigenvalue weighted by Gasteiger charge is 2.87. The van der Waals surface area contributed by atoms with Gasteiger partial charge in [0.25, 0.3) is 0 Å². The monoisotopic (exact) mass is 410 g/mol. The number of hydrogen-bond donors (Lipinski definition) is 5. The zero-order valence-corrected chi connectivity index (χ0v) is 16.4. The number of carbonyl (C=O) groups is 2. The van der Waals surface area contributed by atoms with Gasteiger partial charge in [-0.05, 0) is 25.3 Å². The van der Waals surface area contributed by atoms with E-state index in [-0.39, 0.29) is 13.0 Å². The molecule has 9 nitrogen and oxygen atoms in total. The topological polar surface area (TPSA) is 154 Å². The maximum absolute atomic E-state index is 12.6. The molecule has 2 saturated heterocycles. The van der Waals surface area contributed by atoms with Crippen molar-refractivity contribution in [2.24, 2.45) is 28.6 Å². The van der Waals surface area contributed by atoms with E-state index in [4.69, 9.17) is 9.47 Å². The fourth-order valence-corrected chi connectivity index (χ4v) is 7.59. The molecule has 0 radical (unpaired) electrons. The molecule has 0 amide bonds. The zero-order valence-electron chi connectivity index (χ0n) is 16.4. The molecule has 9 heteroatoms. The van der Waals surface area contributed by atoms with E-state index >= 15 is 0 Å². The Kier molecular flexibility index (Phi) is 3.56. The van der Waals surface area contributed by atoms with Crippen LogP contribution in [0.2, 0.25) is 0 Å². The van der Waals surface area contributed by atoms with Crippen LogP contribution in [0.1, 0.15) is 27.2 Å². The lowest BCUT2D eigenvalue weighted by Gasteiger charge is -2.70. The molecule has 4 fully saturated rings. The molecule has 2 aliphatic heterocycles. The number of allylic oxidation sites excluding steroid dienone is 1. The Balaban J connectivity index is 1.84. The van der Waals surface area contributed by atoms with Gasteiger partial charge in [-0.25, -0.2) is 4.79 Å². The Labute approximate surface area is 166 Å². The van der Waals surface area contributed by atoms with Crippen molar-refractivity contribution in [3.8, 4) is 0 Å². The predicted molar refractivity (Wildman–Crippen MR) is 93.8 cm³/mol. The van der Waals surface area contributed by atoms with Crippen molar-refractivity contribution >= 4 is 11.8 Å². The minimum atomic E-state index is -2.19. The summed E-state index contributed by atoms with van der Waals surface area (Å²) in [5.74, 6) is -6.52. The quantitative estimate of drug-likeness (QED) is 0.293. The molecule has 160 valence electrons. The molecular weight excluding hydrogens is 384 g/mol. The van der Waals surface area contributed by atoms with Gasteiger partial charge < -0.3 is 35.0 Å². The Morgan fingerprint density at radius 2 is 1.79 bits per heavy atom. The van der Waals surface area contributed by atoms with E-state index in [0.29, 0.717) is 5.57 Å². The predicted octanol–water partition coefficient (Wildman–Crippen LogP) is -1.75. The largest absolute Gasteiger partial charge is 0.460 e. The summed E-state index contributed by atoms with van der Waals surface area (Å²) in [6.07, 6.45) is -4.56. The van der Waals surface area contributed by atoms with Crippen LogP contribution in [0.5, 0.6) is 0 Å². The smallest absolute Gasteiger partial charge is 0.338 e. The molecule has 2 heterocycles. The number of aliphatic hydroxyl groups is 5. The number of fused-ring (bicyclic) bond motifs is 1. The number of carbonyl (C=O) groups excluding carboxylic acids is 2. The summed E-state index contributed by atoms with van der Waals surface area (Å²) in [5.41, 5.74) is -4.35. The Morgan fingerprint density at radius 3 is 2.45 bits per heavy atom. The molecule has 3 aliphatic carbocycles. The van der Waals surface area contributed by atoms with Gasteiger partial charge in [0, 0.05) is 17.3 Å². The number of esters is 1. The third-order valence-corrected chi connectivity index (χ3v) is 8.88. The van der Waals surface area contributed by atoms with Gasteiger partial charge in [-0.2, -0.15) is 0 Å². The Morgan fingerprint density at radius 1 is 1.14 bits per heavy atom. The average Bonchev–Trinajstić information content (AvgIpc) is 2.98. The summed E-state index contributed by atoms with van der Waals surface area (Å²) in [6, 6.07) is 0. The lowest BCUT2D eigenvalue weighted by molar-refractivity contribution is -0.375. The van der Waals surface area contributed by atoms with Gasteiger partial charge in [0.1, 0.15) is 23.9 Å². The van der Waals surface area contributed by atoms with Crippen LogP contribution in [-0.4, -0.2) is 79.7 Å². The minimum absolute atomic E-state index is 0.183. The first kappa shape index (κ1) is 19.6. The van der Waals surface area contributed by atoms with Crippen molar-refractivity contribution < 1.29 is 44.6 Å². The first-order valence-corrected chi connectivity index (χ1v) is 9.93. The summed E-state index contributed by atoms with van der Waals surface area (Å²) >= 11 is 0. The van der Waals surface area contributed by atoms with Crippen LogP contribution in [0.15, 0.2) is 11.6 Å². The fraction of sp³-hybridized carbons (Fsp3) is 0.800. The number of hydrogen-bond acceptors (Lipinski definition) is 9. The molecular formula is C20H26O9. The van der Waals surface area contributed by atoms with E-state index in [1.165, 1.54) is 13.0 Å². The van der Waals surface area contributed by atoms with Gasteiger partial charge in [0.15, 0.2) is 17.7 Å². The average molecular weight is 410 g/mol. The maximum atomic E-state index is 12.6. The van der Waals surface area contributed by atoms with E-state index in [1.54, 1.807) is 13.8 Å². The van der Waals surface area contributed by atoms with Crippen LogP contribution >= 0.6 is 0 Å². The number of rotatable bonds is 0. The van der Waals surface area contributed by atoms with Crippen molar-refractivity contribution in [2.75, 3.05) is 6.61 Å². The van der Waals surface area contributed by atoms with E-state index in [1.807, 2.05) is 0 Å². The number of ketones is 1. The maximum Gasteiger partial charge on any atom is 0.338 e. The standard InChI is InChI=1S/C20H26O9/c1-7-4-10(21)13(23)17(3)9(7)5-11-18-6-28-20(27,16(17)18)12(22)8(2)19(18,26)14(24)15(25)29-11/h4,8-9,11-14,16,22-24,26-27H,5-6H2,1-3H3/t8-,9+,11-,12-,13-,14+,16-,17-,18-,19+,20-/m1/s1. The van der Waals surface area contributed by atoms with Crippen molar-refractivity contribution in [2.45, 2.75) is 63.0 Å². The molecule has 2 bridgehead atoms. The second-order valence-electron chi connectivity index (χ2n) is 9.75. The lowest BCUT2D eigenvalue weighted by atomic mass is 9.36. The molecule has 5 N–H and O–H groups in total. The Hall–Kier alpha value is -1.36. The van der Waals surface area contributed by atoms with Gasteiger partial charge in [0.2, 0.25) is 0 Å². The molecule has 29 heavy (non-hydrogen) atoms. The normalized spacial score (nSPS) is 60.8. The van der Waals surface area contributed by atoms with Crippen LogP contribution < -0.4 is 0 Å². The van der Waals surface area contributed by atoms with Crippen LogP contribution in [0.3, 0.4) is 0 Å². The molecule has 0 unspecified atom stereocenters. The van der Waals surface area contributed by atoms with Crippen LogP contribution in [0, 0.1) is 28.6 Å². The molecule has 0 aromatic heterocycles. The van der Waals surface area contributed by atoms with E-state index in [9.17, 15) is 35.1 Å². The van der Waals surface area contributed by atoms with Gasteiger partial charge in [-0.15, -0.1) is 0 Å². The van der Waals surface area contributed by atoms with E-state index < -0.39 is 76.1 Å². The zero-order chi connectivity index (χ0) is 21.3. The van der Waals surface area contributed by atoms with Crippen LogP contribution in [0.25, 0.3) is 0 Å². The summed E-state index contributed by atoms with van der Waals surface area (Å²) < 4.78 is 11.2. The fourth-order valence-electron chi connectivity index (χ4n) is 7.59.